The number of thioether (sulfide) groups is 1. The molecule has 4 heteroatoms. The summed E-state index contributed by atoms with van der Waals surface area (Å²) in [5.41, 5.74) is 4.24. The summed E-state index contributed by atoms with van der Waals surface area (Å²) < 4.78 is 0. The number of fused-ring (bicyclic) bond motifs is 1. The normalized spacial score (nSPS) is 13.5. The van der Waals surface area contributed by atoms with Crippen LogP contribution < -0.4 is 0 Å². The summed E-state index contributed by atoms with van der Waals surface area (Å²) in [6.07, 6.45) is 5.07. The standard InChI is InChI=1S/C29H24O2S2/c1-4-5-13-21-23(18-32-24-15-8-6-11-19(24)2)28(30)22-14-10-17-26(27(22)29(21)31)33-25-16-9-7-12-20(25)3/h4-17H,1,18H2,2-3H3/b13-5-. The molecule has 0 fully saturated rings. The van der Waals surface area contributed by atoms with Gasteiger partial charge in [-0.25, -0.2) is 0 Å². The molecule has 0 aromatic heterocycles. The fourth-order valence-corrected chi connectivity index (χ4v) is 5.86. The molecule has 0 radical (unpaired) electrons. The maximum Gasteiger partial charge on any atom is 0.195 e. The fourth-order valence-electron chi connectivity index (χ4n) is 3.74. The Labute approximate surface area is 203 Å². The quantitative estimate of drug-likeness (QED) is 0.263. The van der Waals surface area contributed by atoms with Crippen LogP contribution in [0, 0.1) is 13.8 Å². The Morgan fingerprint density at radius 3 is 2.09 bits per heavy atom. The summed E-state index contributed by atoms with van der Waals surface area (Å²) in [6.45, 7) is 7.83. The third-order valence-electron chi connectivity index (χ3n) is 5.52. The van der Waals surface area contributed by atoms with E-state index in [-0.39, 0.29) is 11.6 Å². The molecule has 0 N–H and O–H groups in total. The minimum atomic E-state index is -0.111. The maximum absolute atomic E-state index is 13.7. The van der Waals surface area contributed by atoms with Crippen molar-refractivity contribution in [3.05, 3.63) is 125 Å². The third-order valence-corrected chi connectivity index (χ3v) is 7.96. The van der Waals surface area contributed by atoms with Crippen LogP contribution in [0.5, 0.6) is 0 Å². The molecular weight excluding hydrogens is 444 g/mol. The van der Waals surface area contributed by atoms with E-state index in [2.05, 4.69) is 6.58 Å². The number of benzene rings is 3. The van der Waals surface area contributed by atoms with Crippen molar-refractivity contribution in [2.24, 2.45) is 0 Å². The predicted octanol–water partition coefficient (Wildman–Crippen LogP) is 7.66. The summed E-state index contributed by atoms with van der Waals surface area (Å²) in [5.74, 6) is 0.238. The highest BCUT2D eigenvalue weighted by molar-refractivity contribution is 7.99. The monoisotopic (exact) mass is 468 g/mol. The molecule has 0 saturated carbocycles. The van der Waals surface area contributed by atoms with Crippen LogP contribution in [-0.2, 0) is 0 Å². The number of carbonyl (C=O) groups is 2. The minimum Gasteiger partial charge on any atom is -0.289 e. The molecule has 1 aliphatic carbocycles. The molecule has 0 aliphatic heterocycles. The van der Waals surface area contributed by atoms with Gasteiger partial charge < -0.3 is 0 Å². The van der Waals surface area contributed by atoms with Crippen molar-refractivity contribution in [3.8, 4) is 0 Å². The first-order chi connectivity index (χ1) is 16.0. The van der Waals surface area contributed by atoms with Gasteiger partial charge in [-0.05, 0) is 43.2 Å². The lowest BCUT2D eigenvalue weighted by Crippen LogP contribution is -2.23. The van der Waals surface area contributed by atoms with Gasteiger partial charge in [0.15, 0.2) is 11.6 Å². The zero-order chi connectivity index (χ0) is 23.4. The first-order valence-electron chi connectivity index (χ1n) is 10.7. The zero-order valence-corrected chi connectivity index (χ0v) is 20.3. The Balaban J connectivity index is 1.76. The summed E-state index contributed by atoms with van der Waals surface area (Å²) in [5, 5.41) is 0. The summed E-state index contributed by atoms with van der Waals surface area (Å²) in [7, 11) is 0. The number of ketones is 2. The number of rotatable bonds is 7. The molecule has 0 spiro atoms. The van der Waals surface area contributed by atoms with Gasteiger partial charge in [0.1, 0.15) is 0 Å². The van der Waals surface area contributed by atoms with Crippen LogP contribution in [0.3, 0.4) is 0 Å². The lowest BCUT2D eigenvalue weighted by atomic mass is 9.84. The average molecular weight is 469 g/mol. The minimum absolute atomic E-state index is 0.0818. The van der Waals surface area contributed by atoms with E-state index < -0.39 is 0 Å². The highest BCUT2D eigenvalue weighted by Gasteiger charge is 2.33. The number of carbonyl (C=O) groups excluding carboxylic acids is 2. The largest absolute Gasteiger partial charge is 0.289 e. The first kappa shape index (κ1) is 23.1. The Hall–Kier alpha value is -3.08. The second-order valence-electron chi connectivity index (χ2n) is 7.75. The first-order valence-corrected chi connectivity index (χ1v) is 12.5. The van der Waals surface area contributed by atoms with Crippen molar-refractivity contribution in [1.82, 2.24) is 0 Å². The van der Waals surface area contributed by atoms with Crippen molar-refractivity contribution in [2.45, 2.75) is 28.5 Å². The predicted molar refractivity (Wildman–Crippen MR) is 139 cm³/mol. The van der Waals surface area contributed by atoms with Gasteiger partial charge in [-0.2, -0.15) is 0 Å². The van der Waals surface area contributed by atoms with Crippen molar-refractivity contribution in [1.29, 1.82) is 0 Å². The Bertz CT molecular complexity index is 1310. The maximum atomic E-state index is 13.7. The van der Waals surface area contributed by atoms with E-state index in [0.29, 0.717) is 28.0 Å². The SMILES string of the molecule is C=C/C=C\C1=C(CSc2ccccc2C)C(=O)c2cccc(Sc3ccccc3C)c2C1=O. The van der Waals surface area contributed by atoms with Gasteiger partial charge in [0, 0.05) is 42.7 Å². The Kier molecular flexibility index (Phi) is 7.17. The Morgan fingerprint density at radius 1 is 0.788 bits per heavy atom. The van der Waals surface area contributed by atoms with Crippen LogP contribution in [0.4, 0.5) is 0 Å². The van der Waals surface area contributed by atoms with Crippen LogP contribution in [0.15, 0.2) is 117 Å². The molecule has 0 saturated heterocycles. The molecule has 0 bridgehead atoms. The molecule has 0 atom stereocenters. The van der Waals surface area contributed by atoms with Crippen LogP contribution >= 0.6 is 23.5 Å². The van der Waals surface area contributed by atoms with Crippen LogP contribution in [0.2, 0.25) is 0 Å². The van der Waals surface area contributed by atoms with Gasteiger partial charge in [0.05, 0.1) is 0 Å². The number of hydrogen-bond acceptors (Lipinski definition) is 4. The number of aryl methyl sites for hydroxylation is 2. The van der Waals surface area contributed by atoms with Gasteiger partial charge in [-0.1, -0.05) is 85.1 Å². The van der Waals surface area contributed by atoms with Gasteiger partial charge in [-0.3, -0.25) is 9.59 Å². The smallest absolute Gasteiger partial charge is 0.195 e. The van der Waals surface area contributed by atoms with Crippen molar-refractivity contribution >= 4 is 35.1 Å². The van der Waals surface area contributed by atoms with E-state index in [0.717, 1.165) is 25.8 Å². The second kappa shape index (κ2) is 10.2. The van der Waals surface area contributed by atoms with E-state index >= 15 is 0 Å². The van der Waals surface area contributed by atoms with E-state index in [1.54, 1.807) is 36.1 Å². The molecule has 164 valence electrons. The van der Waals surface area contributed by atoms with E-state index in [1.165, 1.54) is 11.8 Å². The highest BCUT2D eigenvalue weighted by Crippen LogP contribution is 2.39. The van der Waals surface area contributed by atoms with Crippen LogP contribution in [0.25, 0.3) is 0 Å². The Morgan fingerprint density at radius 2 is 1.42 bits per heavy atom. The van der Waals surface area contributed by atoms with Gasteiger partial charge in [0.2, 0.25) is 0 Å². The molecule has 0 amide bonds. The lowest BCUT2D eigenvalue weighted by molar-refractivity contribution is 0.0976. The topological polar surface area (TPSA) is 34.1 Å². The number of Topliss-reactive ketones (excluding diaryl/α,β-unsaturated/α-hetero) is 2. The van der Waals surface area contributed by atoms with Gasteiger partial charge >= 0.3 is 0 Å². The summed E-state index contributed by atoms with van der Waals surface area (Å²) >= 11 is 3.11. The fraction of sp³-hybridized carbons (Fsp3) is 0.103. The second-order valence-corrected chi connectivity index (χ2v) is 9.85. The summed E-state index contributed by atoms with van der Waals surface area (Å²) in [6, 6.07) is 21.7. The van der Waals surface area contributed by atoms with Crippen molar-refractivity contribution < 1.29 is 9.59 Å². The van der Waals surface area contributed by atoms with E-state index in [4.69, 9.17) is 0 Å². The van der Waals surface area contributed by atoms with Crippen molar-refractivity contribution in [2.75, 3.05) is 5.75 Å². The van der Waals surface area contributed by atoms with Gasteiger partial charge in [-0.15, -0.1) is 11.8 Å². The van der Waals surface area contributed by atoms with E-state index in [9.17, 15) is 9.59 Å². The molecule has 1 aliphatic rings. The zero-order valence-electron chi connectivity index (χ0n) is 18.6. The molecule has 3 aromatic rings. The van der Waals surface area contributed by atoms with E-state index in [1.807, 2.05) is 74.5 Å². The molecule has 4 rings (SSSR count). The molecule has 3 aromatic carbocycles. The molecule has 0 heterocycles. The van der Waals surface area contributed by atoms with Crippen LogP contribution in [0.1, 0.15) is 31.8 Å². The molecule has 0 unspecified atom stereocenters. The third kappa shape index (κ3) is 4.82. The molecule has 2 nitrogen and oxygen atoms in total. The average Bonchev–Trinajstić information content (AvgIpc) is 2.82. The lowest BCUT2D eigenvalue weighted by Gasteiger charge is -2.22. The van der Waals surface area contributed by atoms with Crippen molar-refractivity contribution in [3.63, 3.8) is 0 Å². The number of allylic oxidation sites excluding steroid dienone is 4. The number of hydrogen-bond donors (Lipinski definition) is 0. The molecular formula is C29H24O2S2. The highest BCUT2D eigenvalue weighted by atomic mass is 32.2. The molecule has 33 heavy (non-hydrogen) atoms. The van der Waals surface area contributed by atoms with Gasteiger partial charge in [0.25, 0.3) is 0 Å². The van der Waals surface area contributed by atoms with Crippen LogP contribution in [-0.4, -0.2) is 17.3 Å². The summed E-state index contributed by atoms with van der Waals surface area (Å²) in [4.78, 5) is 30.3.